The van der Waals surface area contributed by atoms with E-state index in [-0.39, 0.29) is 6.79 Å². The molecular weight excluding hydrogens is 292 g/mol. The Balaban J connectivity index is 1.66. The Morgan fingerprint density at radius 2 is 1.96 bits per heavy atom. The van der Waals surface area contributed by atoms with Gasteiger partial charge in [0, 0.05) is 24.1 Å². The number of nitrogens with zero attached hydrogens (tertiary/aromatic N) is 2. The zero-order valence-corrected chi connectivity index (χ0v) is 12.5. The van der Waals surface area contributed by atoms with E-state index in [9.17, 15) is 5.11 Å². The van der Waals surface area contributed by atoms with Gasteiger partial charge in [-0.1, -0.05) is 30.3 Å². The number of ether oxygens (including phenoxy) is 2. The van der Waals surface area contributed by atoms with E-state index < -0.39 is 5.72 Å². The Kier molecular flexibility index (Phi) is 2.53. The van der Waals surface area contributed by atoms with E-state index in [4.69, 9.17) is 9.47 Å². The van der Waals surface area contributed by atoms with E-state index in [2.05, 4.69) is 17.1 Å². The smallest absolute Gasteiger partial charge is 0.231 e. The number of hydrogen-bond donors (Lipinski definition) is 1. The average molecular weight is 308 g/mol. The van der Waals surface area contributed by atoms with Gasteiger partial charge in [-0.3, -0.25) is 4.99 Å². The fourth-order valence-corrected chi connectivity index (χ4v) is 3.69. The van der Waals surface area contributed by atoms with Crippen molar-refractivity contribution >= 4 is 5.84 Å². The second kappa shape index (κ2) is 4.49. The summed E-state index contributed by atoms with van der Waals surface area (Å²) in [6.07, 6.45) is 0.530. The van der Waals surface area contributed by atoms with Gasteiger partial charge in [-0.2, -0.15) is 0 Å². The maximum Gasteiger partial charge on any atom is 0.231 e. The maximum absolute atomic E-state index is 11.5. The van der Waals surface area contributed by atoms with Gasteiger partial charge in [-0.25, -0.2) is 0 Å². The van der Waals surface area contributed by atoms with Crippen molar-refractivity contribution in [2.45, 2.75) is 12.1 Å². The summed E-state index contributed by atoms with van der Waals surface area (Å²) >= 11 is 0. The molecule has 0 saturated carbocycles. The van der Waals surface area contributed by atoms with Crippen molar-refractivity contribution in [2.24, 2.45) is 4.99 Å². The van der Waals surface area contributed by atoms with Gasteiger partial charge in [0.25, 0.3) is 0 Å². The molecule has 0 bridgehead atoms. The molecule has 5 nitrogen and oxygen atoms in total. The van der Waals surface area contributed by atoms with Crippen LogP contribution in [0.4, 0.5) is 0 Å². The molecule has 0 aromatic heterocycles. The Bertz CT molecular complexity index is 833. The van der Waals surface area contributed by atoms with E-state index in [0.29, 0.717) is 25.3 Å². The first-order chi connectivity index (χ1) is 11.3. The highest BCUT2D eigenvalue weighted by atomic mass is 16.7. The van der Waals surface area contributed by atoms with Crippen molar-refractivity contribution in [1.29, 1.82) is 0 Å². The predicted molar refractivity (Wildman–Crippen MR) is 84.7 cm³/mol. The zero-order valence-electron chi connectivity index (χ0n) is 12.5. The molecule has 5 heteroatoms. The first-order valence-corrected chi connectivity index (χ1v) is 7.78. The second-order valence-electron chi connectivity index (χ2n) is 6.08. The van der Waals surface area contributed by atoms with Gasteiger partial charge in [0.15, 0.2) is 17.2 Å². The lowest BCUT2D eigenvalue weighted by atomic mass is 9.86. The van der Waals surface area contributed by atoms with Gasteiger partial charge in [-0.05, 0) is 17.7 Å². The summed E-state index contributed by atoms with van der Waals surface area (Å²) in [5.74, 6) is 2.29. The number of fused-ring (bicyclic) bond motifs is 4. The fourth-order valence-electron chi connectivity index (χ4n) is 3.69. The second-order valence-corrected chi connectivity index (χ2v) is 6.08. The van der Waals surface area contributed by atoms with E-state index in [1.54, 1.807) is 0 Å². The molecule has 0 saturated heterocycles. The third-order valence-electron chi connectivity index (χ3n) is 4.82. The molecule has 2 aromatic carbocycles. The summed E-state index contributed by atoms with van der Waals surface area (Å²) in [5, 5.41) is 11.5. The summed E-state index contributed by atoms with van der Waals surface area (Å²) < 4.78 is 10.8. The maximum atomic E-state index is 11.5. The Labute approximate surface area is 133 Å². The summed E-state index contributed by atoms with van der Waals surface area (Å²) in [6, 6.07) is 13.8. The molecule has 3 heterocycles. The normalized spacial score (nSPS) is 24.2. The fraction of sp³-hybridized carbons (Fsp3) is 0.278. The minimum Gasteiger partial charge on any atom is -0.454 e. The minimum atomic E-state index is -1.11. The number of hydrogen-bond acceptors (Lipinski definition) is 5. The Morgan fingerprint density at radius 1 is 1.09 bits per heavy atom. The minimum absolute atomic E-state index is 0.233. The summed E-state index contributed by atoms with van der Waals surface area (Å²) in [6.45, 7) is 1.65. The molecule has 5 rings (SSSR count). The average Bonchev–Trinajstić information content (AvgIpc) is 3.24. The van der Waals surface area contributed by atoms with Gasteiger partial charge in [0.05, 0.1) is 6.54 Å². The van der Waals surface area contributed by atoms with Gasteiger partial charge < -0.3 is 19.5 Å². The van der Waals surface area contributed by atoms with Crippen molar-refractivity contribution in [3.63, 3.8) is 0 Å². The van der Waals surface area contributed by atoms with Crippen molar-refractivity contribution < 1.29 is 14.6 Å². The zero-order chi connectivity index (χ0) is 15.4. The van der Waals surface area contributed by atoms with Crippen LogP contribution in [0.3, 0.4) is 0 Å². The monoisotopic (exact) mass is 308 g/mol. The van der Waals surface area contributed by atoms with Crippen molar-refractivity contribution in [2.75, 3.05) is 19.9 Å². The van der Waals surface area contributed by atoms with Gasteiger partial charge >= 0.3 is 0 Å². The quantitative estimate of drug-likeness (QED) is 0.874. The lowest BCUT2D eigenvalue weighted by molar-refractivity contribution is -0.0746. The molecule has 0 fully saturated rings. The number of rotatable bonds is 1. The van der Waals surface area contributed by atoms with Crippen LogP contribution in [0.2, 0.25) is 0 Å². The molecule has 3 aliphatic heterocycles. The van der Waals surface area contributed by atoms with Crippen LogP contribution in [-0.2, 0) is 12.1 Å². The highest BCUT2D eigenvalue weighted by Crippen LogP contribution is 2.42. The SMILES string of the molecule is O[C@]1(c2ccc3c(c2)OCO3)Cc2ccccc2C2=NCCN21. The molecule has 3 aliphatic rings. The number of aliphatic imine (C=N–C) groups is 1. The van der Waals surface area contributed by atoms with Crippen molar-refractivity contribution in [1.82, 2.24) is 4.90 Å². The van der Waals surface area contributed by atoms with Gasteiger partial charge in [-0.15, -0.1) is 0 Å². The van der Waals surface area contributed by atoms with Crippen LogP contribution in [0.15, 0.2) is 47.5 Å². The molecule has 0 spiro atoms. The van der Waals surface area contributed by atoms with Crippen molar-refractivity contribution in [3.05, 3.63) is 59.2 Å². The summed E-state index contributed by atoms with van der Waals surface area (Å²) in [7, 11) is 0. The topological polar surface area (TPSA) is 54.3 Å². The van der Waals surface area contributed by atoms with Crippen LogP contribution in [-0.4, -0.2) is 35.7 Å². The van der Waals surface area contributed by atoms with Gasteiger partial charge in [0.1, 0.15) is 5.84 Å². The summed E-state index contributed by atoms with van der Waals surface area (Å²) in [4.78, 5) is 6.63. The Hall–Kier alpha value is -2.53. The lowest BCUT2D eigenvalue weighted by Gasteiger charge is -2.43. The largest absolute Gasteiger partial charge is 0.454 e. The van der Waals surface area contributed by atoms with Crippen LogP contribution in [0.5, 0.6) is 11.5 Å². The lowest BCUT2D eigenvalue weighted by Crippen LogP contribution is -2.53. The van der Waals surface area contributed by atoms with Crippen LogP contribution in [0.1, 0.15) is 16.7 Å². The van der Waals surface area contributed by atoms with Crippen LogP contribution >= 0.6 is 0 Å². The highest BCUT2D eigenvalue weighted by Gasteiger charge is 2.45. The van der Waals surface area contributed by atoms with E-state index in [0.717, 1.165) is 28.3 Å². The molecule has 116 valence electrons. The standard InChI is InChI=1S/C18H16N2O3/c21-18(13-5-6-15-16(9-13)23-11-22-15)10-12-3-1-2-4-14(12)17-19-7-8-20(17)18/h1-6,9,21H,7-8,10-11H2/t18-/m0/s1. The molecule has 0 radical (unpaired) electrons. The molecule has 0 unspecified atom stereocenters. The Morgan fingerprint density at radius 3 is 2.91 bits per heavy atom. The molecule has 0 aliphatic carbocycles. The van der Waals surface area contributed by atoms with E-state index >= 15 is 0 Å². The van der Waals surface area contributed by atoms with Crippen molar-refractivity contribution in [3.8, 4) is 11.5 Å². The molecular formula is C18H16N2O3. The van der Waals surface area contributed by atoms with E-state index in [1.165, 1.54) is 0 Å². The molecule has 1 atom stereocenters. The third kappa shape index (κ3) is 1.74. The first-order valence-electron chi connectivity index (χ1n) is 7.78. The molecule has 23 heavy (non-hydrogen) atoms. The molecule has 1 N–H and O–H groups in total. The predicted octanol–water partition coefficient (Wildman–Crippen LogP) is 1.88. The number of benzene rings is 2. The molecule has 0 amide bonds. The first kappa shape index (κ1) is 13.0. The van der Waals surface area contributed by atoms with Crippen LogP contribution in [0, 0.1) is 0 Å². The number of aliphatic hydroxyl groups is 1. The van der Waals surface area contributed by atoms with Gasteiger partial charge in [0.2, 0.25) is 6.79 Å². The third-order valence-corrected chi connectivity index (χ3v) is 4.82. The highest BCUT2D eigenvalue weighted by molar-refractivity contribution is 6.02. The molecule has 2 aromatic rings. The summed E-state index contributed by atoms with van der Waals surface area (Å²) in [5.41, 5.74) is 1.94. The van der Waals surface area contributed by atoms with Crippen LogP contribution < -0.4 is 9.47 Å². The number of amidine groups is 1. The van der Waals surface area contributed by atoms with E-state index in [1.807, 2.05) is 35.2 Å². The van der Waals surface area contributed by atoms with Crippen LogP contribution in [0.25, 0.3) is 0 Å².